The van der Waals surface area contributed by atoms with Crippen LogP contribution in [0.25, 0.3) is 10.9 Å². The standard InChI is InChI=1S/C27H21FN6O/c28-18-6-9-24-23(14-18)25(11-13-30-24)33-19-7-4-17(5-8-19)27(35)34-21-3-1-2-20(15-21)32-22-10-12-31-26(29)16-22/h1-16H,(H,30,33)(H,34,35)(H3,29,31,32). The third kappa shape index (κ3) is 5.17. The molecule has 172 valence electrons. The lowest BCUT2D eigenvalue weighted by molar-refractivity contribution is 0.102. The van der Waals surface area contributed by atoms with Gasteiger partial charge < -0.3 is 21.7 Å². The van der Waals surface area contributed by atoms with E-state index in [0.29, 0.717) is 28.0 Å². The Morgan fingerprint density at radius 1 is 0.743 bits per heavy atom. The molecule has 0 spiro atoms. The second-order valence-corrected chi connectivity index (χ2v) is 7.85. The highest BCUT2D eigenvalue weighted by atomic mass is 19.1. The van der Waals surface area contributed by atoms with Crippen molar-refractivity contribution in [2.75, 3.05) is 21.7 Å². The number of amides is 1. The van der Waals surface area contributed by atoms with Crippen molar-refractivity contribution in [1.82, 2.24) is 9.97 Å². The van der Waals surface area contributed by atoms with Gasteiger partial charge in [0.25, 0.3) is 5.91 Å². The number of nitrogens with two attached hydrogens (primary N) is 1. The minimum Gasteiger partial charge on any atom is -0.384 e. The predicted molar refractivity (Wildman–Crippen MR) is 138 cm³/mol. The molecule has 8 heteroatoms. The van der Waals surface area contributed by atoms with Gasteiger partial charge in [0, 0.05) is 57.8 Å². The van der Waals surface area contributed by atoms with Crippen LogP contribution in [0.1, 0.15) is 10.4 Å². The summed E-state index contributed by atoms with van der Waals surface area (Å²) in [6, 6.07) is 24.2. The van der Waals surface area contributed by atoms with E-state index in [4.69, 9.17) is 5.73 Å². The zero-order chi connectivity index (χ0) is 24.2. The molecule has 7 nitrogen and oxygen atoms in total. The van der Waals surface area contributed by atoms with Crippen molar-refractivity contribution in [1.29, 1.82) is 0 Å². The van der Waals surface area contributed by atoms with Gasteiger partial charge in [-0.3, -0.25) is 9.78 Å². The first-order valence-electron chi connectivity index (χ1n) is 10.8. The van der Waals surface area contributed by atoms with E-state index in [1.807, 2.05) is 30.3 Å². The van der Waals surface area contributed by atoms with Crippen molar-refractivity contribution in [3.8, 4) is 0 Å². The van der Waals surface area contributed by atoms with Crippen molar-refractivity contribution in [3.05, 3.63) is 109 Å². The van der Waals surface area contributed by atoms with E-state index in [9.17, 15) is 9.18 Å². The Kier molecular flexibility index (Phi) is 5.92. The van der Waals surface area contributed by atoms with E-state index in [2.05, 4.69) is 25.9 Å². The number of aromatic nitrogens is 2. The summed E-state index contributed by atoms with van der Waals surface area (Å²) in [4.78, 5) is 21.0. The average Bonchev–Trinajstić information content (AvgIpc) is 2.85. The van der Waals surface area contributed by atoms with Gasteiger partial charge in [0.2, 0.25) is 0 Å². The third-order valence-corrected chi connectivity index (χ3v) is 5.32. The van der Waals surface area contributed by atoms with Crippen LogP contribution < -0.4 is 21.7 Å². The fourth-order valence-electron chi connectivity index (χ4n) is 3.66. The maximum atomic E-state index is 13.7. The van der Waals surface area contributed by atoms with Crippen LogP contribution in [-0.2, 0) is 0 Å². The molecule has 0 saturated carbocycles. The Bertz CT molecular complexity index is 1520. The molecule has 0 aliphatic rings. The van der Waals surface area contributed by atoms with E-state index < -0.39 is 0 Å². The lowest BCUT2D eigenvalue weighted by Crippen LogP contribution is -2.11. The first kappa shape index (κ1) is 21.8. The molecule has 0 saturated heterocycles. The molecule has 5 rings (SSSR count). The molecule has 5 N–H and O–H groups in total. The first-order valence-corrected chi connectivity index (χ1v) is 10.8. The lowest BCUT2D eigenvalue weighted by Gasteiger charge is -2.11. The van der Waals surface area contributed by atoms with Crippen LogP contribution in [0.3, 0.4) is 0 Å². The Morgan fingerprint density at radius 2 is 1.51 bits per heavy atom. The number of nitrogen functional groups attached to an aromatic ring is 1. The van der Waals surface area contributed by atoms with Gasteiger partial charge in [-0.05, 0) is 72.8 Å². The van der Waals surface area contributed by atoms with Gasteiger partial charge >= 0.3 is 0 Å². The highest BCUT2D eigenvalue weighted by Crippen LogP contribution is 2.26. The highest BCUT2D eigenvalue weighted by molar-refractivity contribution is 6.04. The van der Waals surface area contributed by atoms with E-state index in [-0.39, 0.29) is 11.7 Å². The first-order chi connectivity index (χ1) is 17.0. The normalized spacial score (nSPS) is 10.7. The summed E-state index contributed by atoms with van der Waals surface area (Å²) in [5, 5.41) is 10.1. The molecule has 5 aromatic rings. The number of carbonyl (C=O) groups excluding carboxylic acids is 1. The number of nitrogens with zero attached hydrogens (tertiary/aromatic N) is 2. The minimum atomic E-state index is -0.329. The summed E-state index contributed by atoms with van der Waals surface area (Å²) in [6.07, 6.45) is 3.29. The topological polar surface area (TPSA) is 105 Å². The minimum absolute atomic E-state index is 0.238. The van der Waals surface area contributed by atoms with Crippen molar-refractivity contribution >= 4 is 51.1 Å². The second-order valence-electron chi connectivity index (χ2n) is 7.85. The van der Waals surface area contributed by atoms with E-state index in [1.54, 1.807) is 54.9 Å². The van der Waals surface area contributed by atoms with E-state index in [1.165, 1.54) is 12.1 Å². The largest absolute Gasteiger partial charge is 0.384 e. The molecule has 0 fully saturated rings. The van der Waals surface area contributed by atoms with Crippen LogP contribution in [0, 0.1) is 5.82 Å². The van der Waals surface area contributed by atoms with Gasteiger partial charge in [0.05, 0.1) is 5.52 Å². The maximum Gasteiger partial charge on any atom is 0.255 e. The number of carbonyl (C=O) groups is 1. The van der Waals surface area contributed by atoms with E-state index in [0.717, 1.165) is 22.7 Å². The van der Waals surface area contributed by atoms with Crippen LogP contribution in [0.15, 0.2) is 97.3 Å². The number of halogens is 1. The zero-order valence-electron chi connectivity index (χ0n) is 18.5. The molecule has 2 aromatic heterocycles. The van der Waals surface area contributed by atoms with Crippen molar-refractivity contribution in [2.24, 2.45) is 0 Å². The molecule has 0 atom stereocenters. The fraction of sp³-hybridized carbons (Fsp3) is 0. The Balaban J connectivity index is 1.27. The molecular formula is C27H21FN6O. The summed E-state index contributed by atoms with van der Waals surface area (Å²) in [7, 11) is 0. The number of hydrogen-bond donors (Lipinski definition) is 4. The average molecular weight is 465 g/mol. The molecule has 0 aliphatic carbocycles. The van der Waals surface area contributed by atoms with Crippen LogP contribution in [0.5, 0.6) is 0 Å². The molecule has 0 radical (unpaired) electrons. The van der Waals surface area contributed by atoms with Gasteiger partial charge in [-0.2, -0.15) is 0 Å². The summed E-state index contributed by atoms with van der Waals surface area (Å²) < 4.78 is 13.7. The van der Waals surface area contributed by atoms with Gasteiger partial charge in [-0.25, -0.2) is 9.37 Å². The highest BCUT2D eigenvalue weighted by Gasteiger charge is 2.08. The number of rotatable bonds is 6. The summed E-state index contributed by atoms with van der Waals surface area (Å²) in [5.74, 6) is -0.148. The van der Waals surface area contributed by atoms with Crippen molar-refractivity contribution in [3.63, 3.8) is 0 Å². The second kappa shape index (κ2) is 9.48. The molecular weight excluding hydrogens is 443 g/mol. The quantitative estimate of drug-likeness (QED) is 0.242. The molecule has 2 heterocycles. The smallest absolute Gasteiger partial charge is 0.255 e. The summed E-state index contributed by atoms with van der Waals surface area (Å²) in [6.45, 7) is 0. The molecule has 1 amide bonds. The number of anilines is 6. The van der Waals surface area contributed by atoms with Crippen LogP contribution >= 0.6 is 0 Å². The maximum absolute atomic E-state index is 13.7. The van der Waals surface area contributed by atoms with Gasteiger partial charge in [0.1, 0.15) is 11.6 Å². The van der Waals surface area contributed by atoms with Crippen molar-refractivity contribution in [2.45, 2.75) is 0 Å². The molecule has 0 bridgehead atoms. The van der Waals surface area contributed by atoms with Crippen molar-refractivity contribution < 1.29 is 9.18 Å². The van der Waals surface area contributed by atoms with Crippen LogP contribution in [-0.4, -0.2) is 15.9 Å². The summed E-state index contributed by atoms with van der Waals surface area (Å²) in [5.41, 5.74) is 10.7. The number of benzene rings is 3. The number of hydrogen-bond acceptors (Lipinski definition) is 6. The molecule has 3 aromatic carbocycles. The Hall–Kier alpha value is -4.98. The summed E-state index contributed by atoms with van der Waals surface area (Å²) >= 11 is 0. The monoisotopic (exact) mass is 464 g/mol. The van der Waals surface area contributed by atoms with Gasteiger partial charge in [-0.1, -0.05) is 6.07 Å². The number of fused-ring (bicyclic) bond motifs is 1. The lowest BCUT2D eigenvalue weighted by atomic mass is 10.1. The Labute approximate surface area is 200 Å². The van der Waals surface area contributed by atoms with Gasteiger partial charge in [0.15, 0.2) is 0 Å². The molecule has 0 unspecified atom stereocenters. The van der Waals surface area contributed by atoms with Crippen LogP contribution in [0.2, 0.25) is 0 Å². The number of nitrogens with one attached hydrogen (secondary N) is 3. The molecule has 0 aliphatic heterocycles. The Morgan fingerprint density at radius 3 is 2.34 bits per heavy atom. The third-order valence-electron chi connectivity index (χ3n) is 5.32. The van der Waals surface area contributed by atoms with E-state index >= 15 is 0 Å². The fourth-order valence-corrected chi connectivity index (χ4v) is 3.66. The predicted octanol–water partition coefficient (Wildman–Crippen LogP) is 6.09. The zero-order valence-corrected chi connectivity index (χ0v) is 18.5. The molecule has 35 heavy (non-hydrogen) atoms. The number of pyridine rings is 2. The SMILES string of the molecule is Nc1cc(Nc2cccc(NC(=O)c3ccc(Nc4ccnc5ccc(F)cc45)cc3)c2)ccn1. The van der Waals surface area contributed by atoms with Gasteiger partial charge in [-0.15, -0.1) is 0 Å². The van der Waals surface area contributed by atoms with Crippen LogP contribution in [0.4, 0.5) is 38.6 Å².